The van der Waals surface area contributed by atoms with E-state index in [4.69, 9.17) is 9.47 Å². The van der Waals surface area contributed by atoms with Gasteiger partial charge in [-0.05, 0) is 41.8 Å². The molecule has 0 atom stereocenters. The Balaban J connectivity index is 1.77. The van der Waals surface area contributed by atoms with Crippen molar-refractivity contribution in [1.29, 1.82) is 0 Å². The first kappa shape index (κ1) is 21.3. The number of amides is 1. The number of nitrogens with one attached hydrogen (secondary N) is 2. The second-order valence-electron chi connectivity index (χ2n) is 6.45. The van der Waals surface area contributed by atoms with Gasteiger partial charge in [0.2, 0.25) is 21.5 Å². The molecule has 1 amide bonds. The molecule has 10 heteroatoms. The molecule has 0 unspecified atom stereocenters. The van der Waals surface area contributed by atoms with Gasteiger partial charge in [-0.1, -0.05) is 0 Å². The van der Waals surface area contributed by atoms with Crippen LogP contribution in [0.25, 0.3) is 10.9 Å². The number of fused-ring (bicyclic) bond motifs is 1. The third-order valence-corrected chi connectivity index (χ3v) is 6.25. The molecule has 0 saturated carbocycles. The average Bonchev–Trinajstić information content (AvgIpc) is 2.73. The molecule has 1 heterocycles. The summed E-state index contributed by atoms with van der Waals surface area (Å²) in [4.78, 5) is 26.5. The summed E-state index contributed by atoms with van der Waals surface area (Å²) in [6.07, 6.45) is 0. The maximum absolute atomic E-state index is 12.9. The molecule has 3 rings (SSSR count). The van der Waals surface area contributed by atoms with E-state index in [2.05, 4.69) is 10.3 Å². The number of hydrogen-bond acceptors (Lipinski definition) is 6. The van der Waals surface area contributed by atoms with Crippen molar-refractivity contribution >= 4 is 32.5 Å². The Kier molecular flexibility index (Phi) is 6.09. The van der Waals surface area contributed by atoms with Gasteiger partial charge >= 0.3 is 0 Å². The Hall–Kier alpha value is -3.37. The Bertz CT molecular complexity index is 1250. The van der Waals surface area contributed by atoms with Crippen LogP contribution >= 0.6 is 0 Å². The molecule has 2 aromatic carbocycles. The highest BCUT2D eigenvalue weighted by Crippen LogP contribution is 2.29. The van der Waals surface area contributed by atoms with E-state index in [0.717, 1.165) is 4.31 Å². The zero-order valence-electron chi connectivity index (χ0n) is 16.6. The van der Waals surface area contributed by atoms with Crippen molar-refractivity contribution in [3.05, 3.63) is 58.9 Å². The van der Waals surface area contributed by atoms with Crippen LogP contribution in [-0.2, 0) is 14.8 Å². The quantitative estimate of drug-likeness (QED) is 0.589. The Morgan fingerprint density at radius 2 is 1.83 bits per heavy atom. The fourth-order valence-corrected chi connectivity index (χ4v) is 4.01. The minimum Gasteiger partial charge on any atom is -0.497 e. The third kappa shape index (κ3) is 4.44. The first-order chi connectivity index (χ1) is 14.2. The lowest BCUT2D eigenvalue weighted by atomic mass is 10.2. The van der Waals surface area contributed by atoms with Crippen molar-refractivity contribution in [2.45, 2.75) is 4.90 Å². The lowest BCUT2D eigenvalue weighted by Gasteiger charge is -2.18. The van der Waals surface area contributed by atoms with E-state index >= 15 is 0 Å². The summed E-state index contributed by atoms with van der Waals surface area (Å²) in [5.41, 5.74) is 0.637. The summed E-state index contributed by atoms with van der Waals surface area (Å²) < 4.78 is 37.0. The maximum atomic E-state index is 12.9. The van der Waals surface area contributed by atoms with Crippen LogP contribution in [0.4, 0.5) is 5.69 Å². The first-order valence-electron chi connectivity index (χ1n) is 8.86. The molecule has 0 radical (unpaired) electrons. The topological polar surface area (TPSA) is 118 Å². The molecule has 0 aliphatic carbocycles. The molecular formula is C20H21N3O6S. The summed E-state index contributed by atoms with van der Waals surface area (Å²) in [6.45, 7) is -0.402. The van der Waals surface area contributed by atoms with E-state index in [-0.39, 0.29) is 10.5 Å². The lowest BCUT2D eigenvalue weighted by Crippen LogP contribution is -2.35. The number of ether oxygens (including phenoxy) is 2. The van der Waals surface area contributed by atoms with Crippen molar-refractivity contribution in [3.8, 4) is 11.5 Å². The van der Waals surface area contributed by atoms with Crippen LogP contribution in [0.3, 0.4) is 0 Å². The number of nitrogens with zero attached hydrogens (tertiary/aromatic N) is 1. The molecule has 158 valence electrons. The van der Waals surface area contributed by atoms with E-state index in [1.54, 1.807) is 18.2 Å². The summed E-state index contributed by atoms with van der Waals surface area (Å²) >= 11 is 0. The molecule has 0 aliphatic rings. The highest BCUT2D eigenvalue weighted by molar-refractivity contribution is 7.89. The van der Waals surface area contributed by atoms with Gasteiger partial charge in [0.25, 0.3) is 0 Å². The van der Waals surface area contributed by atoms with Crippen LogP contribution in [0.1, 0.15) is 0 Å². The highest BCUT2D eigenvalue weighted by atomic mass is 32.2. The number of methoxy groups -OCH3 is 2. The minimum atomic E-state index is -3.93. The van der Waals surface area contributed by atoms with Gasteiger partial charge in [0, 0.05) is 24.7 Å². The molecule has 0 bridgehead atoms. The summed E-state index contributed by atoms with van der Waals surface area (Å²) in [7, 11) is 0.355. The third-order valence-electron chi connectivity index (χ3n) is 4.45. The number of carbonyl (C=O) groups excluding carboxylic acids is 1. The van der Waals surface area contributed by atoms with Crippen molar-refractivity contribution in [2.75, 3.05) is 33.1 Å². The molecule has 0 spiro atoms. The molecule has 0 fully saturated rings. The zero-order chi connectivity index (χ0) is 21.9. The van der Waals surface area contributed by atoms with Crippen molar-refractivity contribution in [3.63, 3.8) is 0 Å². The van der Waals surface area contributed by atoms with Gasteiger partial charge in [0.1, 0.15) is 11.5 Å². The standard InChI is InChI=1S/C20H21N3O6S/c1-23(12-20(25)22-17-7-5-14(28-2)11-18(17)29-3)30(26,27)15-6-8-16-13(10-15)4-9-19(24)21-16/h4-11H,12H2,1-3H3,(H,21,24)(H,22,25). The number of H-pyrrole nitrogens is 1. The van der Waals surface area contributed by atoms with Gasteiger partial charge in [-0.3, -0.25) is 9.59 Å². The van der Waals surface area contributed by atoms with Gasteiger partial charge in [-0.25, -0.2) is 8.42 Å². The number of benzene rings is 2. The number of rotatable bonds is 7. The van der Waals surface area contributed by atoms with Gasteiger partial charge in [-0.2, -0.15) is 4.31 Å². The average molecular weight is 431 g/mol. The number of likely N-dealkylation sites (N-methyl/N-ethyl adjacent to an activating group) is 1. The summed E-state index contributed by atoms with van der Waals surface area (Å²) in [5, 5.41) is 3.20. The molecule has 3 aromatic rings. The fraction of sp³-hybridized carbons (Fsp3) is 0.200. The fourth-order valence-electron chi connectivity index (χ4n) is 2.85. The van der Waals surface area contributed by atoms with Crippen LogP contribution in [0.5, 0.6) is 11.5 Å². The largest absolute Gasteiger partial charge is 0.497 e. The smallest absolute Gasteiger partial charge is 0.248 e. The predicted octanol–water partition coefficient (Wildman–Crippen LogP) is 1.80. The monoisotopic (exact) mass is 431 g/mol. The van der Waals surface area contributed by atoms with Crippen LogP contribution in [0.15, 0.2) is 58.2 Å². The van der Waals surface area contributed by atoms with E-state index in [1.165, 1.54) is 51.6 Å². The molecule has 30 heavy (non-hydrogen) atoms. The van der Waals surface area contributed by atoms with Gasteiger partial charge in [0.05, 0.1) is 31.3 Å². The second-order valence-corrected chi connectivity index (χ2v) is 8.49. The Morgan fingerprint density at radius 3 is 2.53 bits per heavy atom. The van der Waals surface area contributed by atoms with E-state index in [0.29, 0.717) is 28.1 Å². The van der Waals surface area contributed by atoms with Crippen LogP contribution in [0.2, 0.25) is 0 Å². The number of carbonyl (C=O) groups is 1. The zero-order valence-corrected chi connectivity index (χ0v) is 17.4. The summed E-state index contributed by atoms with van der Waals surface area (Å²) in [6, 6.07) is 12.1. The first-order valence-corrected chi connectivity index (χ1v) is 10.3. The number of hydrogen-bond donors (Lipinski definition) is 2. The van der Waals surface area contributed by atoms with E-state index in [9.17, 15) is 18.0 Å². The number of anilines is 1. The Labute approximate surface area is 173 Å². The number of aromatic nitrogens is 1. The Morgan fingerprint density at radius 1 is 1.07 bits per heavy atom. The van der Waals surface area contributed by atoms with E-state index < -0.39 is 22.5 Å². The number of pyridine rings is 1. The maximum Gasteiger partial charge on any atom is 0.248 e. The molecular weight excluding hydrogens is 410 g/mol. The van der Waals surface area contributed by atoms with Crippen molar-refractivity contribution in [1.82, 2.24) is 9.29 Å². The molecule has 1 aromatic heterocycles. The summed E-state index contributed by atoms with van der Waals surface area (Å²) in [5.74, 6) is 0.411. The van der Waals surface area contributed by atoms with Gasteiger partial charge < -0.3 is 19.8 Å². The van der Waals surface area contributed by atoms with Crippen LogP contribution < -0.4 is 20.3 Å². The molecule has 0 aliphatic heterocycles. The normalized spacial score (nSPS) is 11.5. The number of aromatic amines is 1. The highest BCUT2D eigenvalue weighted by Gasteiger charge is 2.24. The van der Waals surface area contributed by atoms with Crippen molar-refractivity contribution in [2.24, 2.45) is 0 Å². The van der Waals surface area contributed by atoms with Crippen molar-refractivity contribution < 1.29 is 22.7 Å². The SMILES string of the molecule is COc1ccc(NC(=O)CN(C)S(=O)(=O)c2ccc3[nH]c(=O)ccc3c2)c(OC)c1. The number of sulfonamides is 1. The minimum absolute atomic E-state index is 0.0133. The molecule has 9 nitrogen and oxygen atoms in total. The van der Waals surface area contributed by atoms with Gasteiger partial charge in [0.15, 0.2) is 0 Å². The molecule has 2 N–H and O–H groups in total. The van der Waals surface area contributed by atoms with Crippen LogP contribution in [-0.4, -0.2) is 51.4 Å². The van der Waals surface area contributed by atoms with Crippen LogP contribution in [0, 0.1) is 0 Å². The predicted molar refractivity (Wildman–Crippen MR) is 113 cm³/mol. The molecule has 0 saturated heterocycles. The van der Waals surface area contributed by atoms with Gasteiger partial charge in [-0.15, -0.1) is 0 Å². The lowest BCUT2D eigenvalue weighted by molar-refractivity contribution is -0.116. The van der Waals surface area contributed by atoms with E-state index in [1.807, 2.05) is 0 Å². The second kappa shape index (κ2) is 8.56.